The maximum atomic E-state index is 10.8. The van der Waals surface area contributed by atoms with Crippen LogP contribution in [0.4, 0.5) is 0 Å². The average molecular weight is 178 g/mol. The van der Waals surface area contributed by atoms with Gasteiger partial charge in [0.05, 0.1) is 0 Å². The van der Waals surface area contributed by atoms with Crippen molar-refractivity contribution in [2.45, 2.75) is 25.7 Å². The third-order valence-corrected chi connectivity index (χ3v) is 1.97. The molecule has 13 heavy (non-hydrogen) atoms. The van der Waals surface area contributed by atoms with Crippen LogP contribution in [0.15, 0.2) is 24.4 Å². The molecule has 3 heteroatoms. The quantitative estimate of drug-likeness (QED) is 0.757. The number of hydrogen-bond donors (Lipinski definition) is 1. The first-order valence-electron chi connectivity index (χ1n) is 4.22. The van der Waals surface area contributed by atoms with E-state index >= 15 is 0 Å². The van der Waals surface area contributed by atoms with Crippen LogP contribution in [0, 0.1) is 0 Å². The Morgan fingerprint density at radius 2 is 2.23 bits per heavy atom. The lowest BCUT2D eigenvalue weighted by atomic mass is 9.85. The molecule has 1 heterocycles. The molecule has 0 aliphatic heterocycles. The highest BCUT2D eigenvalue weighted by atomic mass is 16.1. The number of nitrogens with zero attached hydrogens (tertiary/aromatic N) is 1. The summed E-state index contributed by atoms with van der Waals surface area (Å²) in [5.74, 6) is -0.296. The Bertz CT molecular complexity index is 293. The summed E-state index contributed by atoms with van der Waals surface area (Å²) in [6, 6.07) is 5.66. The lowest BCUT2D eigenvalue weighted by Gasteiger charge is -2.21. The van der Waals surface area contributed by atoms with Crippen LogP contribution >= 0.6 is 0 Å². The number of aromatic nitrogens is 1. The molecule has 0 atom stereocenters. The van der Waals surface area contributed by atoms with Crippen LogP contribution in [-0.2, 0) is 10.2 Å². The van der Waals surface area contributed by atoms with Crippen LogP contribution in [0.25, 0.3) is 0 Å². The van der Waals surface area contributed by atoms with Crippen molar-refractivity contribution in [2.24, 2.45) is 5.73 Å². The van der Waals surface area contributed by atoms with E-state index in [9.17, 15) is 4.79 Å². The molecule has 2 N–H and O–H groups in total. The van der Waals surface area contributed by atoms with E-state index in [1.54, 1.807) is 6.20 Å². The number of carbonyl (C=O) groups excluding carboxylic acids is 1. The van der Waals surface area contributed by atoms with E-state index in [2.05, 4.69) is 4.98 Å². The maximum Gasteiger partial charge on any atom is 0.218 e. The fourth-order valence-corrected chi connectivity index (χ4v) is 1.29. The number of pyridine rings is 1. The largest absolute Gasteiger partial charge is 0.370 e. The summed E-state index contributed by atoms with van der Waals surface area (Å²) in [6.07, 6.45) is 2.04. The SMILES string of the molecule is CC(C)(CC(N)=O)c1ccccn1. The van der Waals surface area contributed by atoms with E-state index in [0.29, 0.717) is 6.42 Å². The van der Waals surface area contributed by atoms with Crippen molar-refractivity contribution >= 4 is 5.91 Å². The molecule has 0 fully saturated rings. The Labute approximate surface area is 78.0 Å². The molecule has 0 aliphatic rings. The third-order valence-electron chi connectivity index (χ3n) is 1.97. The van der Waals surface area contributed by atoms with Gasteiger partial charge in [-0.05, 0) is 12.1 Å². The summed E-state index contributed by atoms with van der Waals surface area (Å²) >= 11 is 0. The Morgan fingerprint density at radius 1 is 1.54 bits per heavy atom. The van der Waals surface area contributed by atoms with Crippen LogP contribution < -0.4 is 5.73 Å². The smallest absolute Gasteiger partial charge is 0.218 e. The molecule has 0 radical (unpaired) electrons. The van der Waals surface area contributed by atoms with Crippen molar-refractivity contribution in [2.75, 3.05) is 0 Å². The fourth-order valence-electron chi connectivity index (χ4n) is 1.29. The van der Waals surface area contributed by atoms with E-state index in [1.807, 2.05) is 32.0 Å². The summed E-state index contributed by atoms with van der Waals surface area (Å²) in [5, 5.41) is 0. The van der Waals surface area contributed by atoms with Gasteiger partial charge in [0.15, 0.2) is 0 Å². The van der Waals surface area contributed by atoms with Gasteiger partial charge in [0, 0.05) is 23.7 Å². The van der Waals surface area contributed by atoms with Crippen LogP contribution in [0.2, 0.25) is 0 Å². The first-order valence-corrected chi connectivity index (χ1v) is 4.22. The Balaban J connectivity index is 2.87. The predicted octanol–water partition coefficient (Wildman–Crippen LogP) is 1.23. The Kier molecular flexibility index (Phi) is 2.66. The molecule has 0 saturated heterocycles. The van der Waals surface area contributed by atoms with Crippen LogP contribution in [0.1, 0.15) is 26.0 Å². The molecule has 0 aromatic carbocycles. The molecule has 70 valence electrons. The summed E-state index contributed by atoms with van der Waals surface area (Å²) < 4.78 is 0. The van der Waals surface area contributed by atoms with E-state index in [4.69, 9.17) is 5.73 Å². The fraction of sp³-hybridized carbons (Fsp3) is 0.400. The van der Waals surface area contributed by atoms with Gasteiger partial charge in [-0.25, -0.2) is 0 Å². The first-order chi connectivity index (χ1) is 6.02. The number of amides is 1. The van der Waals surface area contributed by atoms with Gasteiger partial charge in [0.25, 0.3) is 0 Å². The maximum absolute atomic E-state index is 10.8. The van der Waals surface area contributed by atoms with Crippen LogP contribution in [0.3, 0.4) is 0 Å². The van der Waals surface area contributed by atoms with E-state index in [-0.39, 0.29) is 11.3 Å². The van der Waals surface area contributed by atoms with Gasteiger partial charge in [0.2, 0.25) is 5.91 Å². The van der Waals surface area contributed by atoms with E-state index in [0.717, 1.165) is 5.69 Å². The lowest BCUT2D eigenvalue weighted by Crippen LogP contribution is -2.26. The monoisotopic (exact) mass is 178 g/mol. The van der Waals surface area contributed by atoms with Gasteiger partial charge in [-0.1, -0.05) is 19.9 Å². The molecule has 0 unspecified atom stereocenters. The van der Waals surface area contributed by atoms with Gasteiger partial charge >= 0.3 is 0 Å². The van der Waals surface area contributed by atoms with Crippen LogP contribution in [-0.4, -0.2) is 10.9 Å². The topological polar surface area (TPSA) is 56.0 Å². The molecule has 0 saturated carbocycles. The molecule has 0 aliphatic carbocycles. The molecule has 0 bridgehead atoms. The van der Waals surface area contributed by atoms with Gasteiger partial charge in [-0.2, -0.15) is 0 Å². The van der Waals surface area contributed by atoms with Crippen molar-refractivity contribution in [1.29, 1.82) is 0 Å². The second-order valence-corrected chi connectivity index (χ2v) is 3.74. The summed E-state index contributed by atoms with van der Waals surface area (Å²) in [4.78, 5) is 15.0. The van der Waals surface area contributed by atoms with Crippen molar-refractivity contribution in [1.82, 2.24) is 4.98 Å². The van der Waals surface area contributed by atoms with Gasteiger partial charge in [-0.3, -0.25) is 9.78 Å². The first kappa shape index (κ1) is 9.71. The zero-order chi connectivity index (χ0) is 9.90. The van der Waals surface area contributed by atoms with Crippen molar-refractivity contribution in [3.8, 4) is 0 Å². The highest BCUT2D eigenvalue weighted by molar-refractivity contribution is 5.75. The minimum atomic E-state index is -0.296. The molecule has 1 aromatic heterocycles. The second-order valence-electron chi connectivity index (χ2n) is 3.74. The third kappa shape index (κ3) is 2.54. The molecule has 1 aromatic rings. The lowest BCUT2D eigenvalue weighted by molar-refractivity contribution is -0.119. The molecular weight excluding hydrogens is 164 g/mol. The summed E-state index contributed by atoms with van der Waals surface area (Å²) in [5.41, 5.74) is 5.78. The van der Waals surface area contributed by atoms with Gasteiger partial charge in [-0.15, -0.1) is 0 Å². The van der Waals surface area contributed by atoms with Gasteiger partial charge < -0.3 is 5.73 Å². The van der Waals surface area contributed by atoms with E-state index in [1.165, 1.54) is 0 Å². The number of rotatable bonds is 3. The number of primary amides is 1. The molecule has 3 nitrogen and oxygen atoms in total. The number of hydrogen-bond acceptors (Lipinski definition) is 2. The zero-order valence-electron chi connectivity index (χ0n) is 7.95. The van der Waals surface area contributed by atoms with E-state index < -0.39 is 0 Å². The molecule has 1 amide bonds. The highest BCUT2D eigenvalue weighted by Gasteiger charge is 2.23. The van der Waals surface area contributed by atoms with Crippen molar-refractivity contribution < 1.29 is 4.79 Å². The molecule has 0 spiro atoms. The van der Waals surface area contributed by atoms with Crippen LogP contribution in [0.5, 0.6) is 0 Å². The second kappa shape index (κ2) is 3.56. The zero-order valence-corrected chi connectivity index (χ0v) is 7.95. The molecule has 1 rings (SSSR count). The van der Waals surface area contributed by atoms with Crippen molar-refractivity contribution in [3.05, 3.63) is 30.1 Å². The Morgan fingerprint density at radius 3 is 2.69 bits per heavy atom. The number of nitrogens with two attached hydrogens (primary N) is 1. The normalized spacial score (nSPS) is 11.2. The predicted molar refractivity (Wildman–Crippen MR) is 51.1 cm³/mol. The van der Waals surface area contributed by atoms with Gasteiger partial charge in [0.1, 0.15) is 0 Å². The highest BCUT2D eigenvalue weighted by Crippen LogP contribution is 2.24. The minimum absolute atomic E-state index is 0.271. The number of carbonyl (C=O) groups is 1. The summed E-state index contributed by atoms with van der Waals surface area (Å²) in [7, 11) is 0. The molecular formula is C10H14N2O. The van der Waals surface area contributed by atoms with Crippen molar-refractivity contribution in [3.63, 3.8) is 0 Å². The summed E-state index contributed by atoms with van der Waals surface area (Å²) in [6.45, 7) is 3.92. The minimum Gasteiger partial charge on any atom is -0.370 e. The Hall–Kier alpha value is -1.38. The average Bonchev–Trinajstić information content (AvgIpc) is 2.04. The standard InChI is InChI=1S/C10H14N2O/c1-10(2,7-9(11)13)8-5-3-4-6-12-8/h3-6H,7H2,1-2H3,(H2,11,13).